The van der Waals surface area contributed by atoms with Gasteiger partial charge in [-0.05, 0) is 19.1 Å². The SMILES string of the molecule is CN=C(NCCNS(C)(=O)=O)NCc1coc(-c2ccc(C)cc2)n1.I. The quantitative estimate of drug-likeness (QED) is 0.234. The van der Waals surface area contributed by atoms with Crippen LogP contribution in [0.5, 0.6) is 0 Å². The molecule has 0 amide bonds. The maximum Gasteiger partial charge on any atom is 0.226 e. The molecule has 2 aromatic rings. The minimum Gasteiger partial charge on any atom is -0.444 e. The number of halogens is 1. The average Bonchev–Trinajstić information content (AvgIpc) is 3.03. The maximum absolute atomic E-state index is 11.0. The highest BCUT2D eigenvalue weighted by molar-refractivity contribution is 14.0. The Labute approximate surface area is 171 Å². The van der Waals surface area contributed by atoms with Gasteiger partial charge in [0, 0.05) is 25.7 Å². The molecule has 10 heteroatoms. The molecule has 1 aromatic carbocycles. The standard InChI is InChI=1S/C16H23N5O3S.HI/c1-12-4-6-13(7-5-12)15-21-14(11-24-15)10-19-16(17-2)18-8-9-20-25(3,22)23;/h4-7,11,20H,8-10H2,1-3H3,(H2,17,18,19);1H. The van der Waals surface area contributed by atoms with Crippen molar-refractivity contribution in [1.29, 1.82) is 0 Å². The Morgan fingerprint density at radius 3 is 2.50 bits per heavy atom. The Kier molecular flexibility index (Phi) is 9.02. The first-order valence-corrected chi connectivity index (χ1v) is 9.67. The van der Waals surface area contributed by atoms with Gasteiger partial charge in [0.15, 0.2) is 5.96 Å². The van der Waals surface area contributed by atoms with Gasteiger partial charge in [0.25, 0.3) is 0 Å². The average molecular weight is 493 g/mol. The molecule has 3 N–H and O–H groups in total. The van der Waals surface area contributed by atoms with Crippen molar-refractivity contribution in [1.82, 2.24) is 20.3 Å². The normalized spacial score (nSPS) is 11.7. The molecular formula is C16H24IN5O3S. The predicted molar refractivity (Wildman–Crippen MR) is 113 cm³/mol. The van der Waals surface area contributed by atoms with Crippen molar-refractivity contribution >= 4 is 40.0 Å². The Morgan fingerprint density at radius 1 is 1.19 bits per heavy atom. The van der Waals surface area contributed by atoms with Gasteiger partial charge in [-0.3, -0.25) is 4.99 Å². The summed E-state index contributed by atoms with van der Waals surface area (Å²) in [5.41, 5.74) is 2.84. The van der Waals surface area contributed by atoms with Crippen molar-refractivity contribution in [3.63, 3.8) is 0 Å². The van der Waals surface area contributed by atoms with Crippen molar-refractivity contribution in [2.45, 2.75) is 13.5 Å². The molecule has 0 saturated heterocycles. The molecule has 0 atom stereocenters. The molecule has 1 aromatic heterocycles. The van der Waals surface area contributed by atoms with E-state index >= 15 is 0 Å². The molecule has 0 fully saturated rings. The van der Waals surface area contributed by atoms with E-state index in [0.29, 0.717) is 24.9 Å². The van der Waals surface area contributed by atoms with E-state index in [2.05, 4.69) is 25.3 Å². The largest absolute Gasteiger partial charge is 0.444 e. The molecule has 0 aliphatic carbocycles. The first-order valence-electron chi connectivity index (χ1n) is 7.78. The fourth-order valence-corrected chi connectivity index (χ4v) is 2.50. The lowest BCUT2D eigenvalue weighted by Gasteiger charge is -2.10. The Hall–Kier alpha value is -1.66. The van der Waals surface area contributed by atoms with Crippen LogP contribution in [0.4, 0.5) is 0 Å². The lowest BCUT2D eigenvalue weighted by molar-refractivity contribution is 0.572. The number of sulfonamides is 1. The lowest BCUT2D eigenvalue weighted by Crippen LogP contribution is -2.41. The molecule has 2 rings (SSSR count). The van der Waals surface area contributed by atoms with E-state index in [4.69, 9.17) is 4.42 Å². The van der Waals surface area contributed by atoms with E-state index in [-0.39, 0.29) is 30.5 Å². The fourth-order valence-electron chi connectivity index (χ4n) is 2.03. The Morgan fingerprint density at radius 2 is 1.88 bits per heavy atom. The summed E-state index contributed by atoms with van der Waals surface area (Å²) in [7, 11) is -1.54. The zero-order chi connectivity index (χ0) is 18.3. The van der Waals surface area contributed by atoms with E-state index in [0.717, 1.165) is 17.5 Å². The number of rotatable bonds is 7. The van der Waals surface area contributed by atoms with Gasteiger partial charge in [0.05, 0.1) is 18.5 Å². The zero-order valence-electron chi connectivity index (χ0n) is 14.9. The number of guanidine groups is 1. The van der Waals surface area contributed by atoms with Gasteiger partial charge in [-0.25, -0.2) is 18.1 Å². The molecule has 0 saturated carbocycles. The molecule has 26 heavy (non-hydrogen) atoms. The minimum absolute atomic E-state index is 0. The van der Waals surface area contributed by atoms with Crippen LogP contribution in [0.15, 0.2) is 39.9 Å². The van der Waals surface area contributed by atoms with E-state index in [9.17, 15) is 8.42 Å². The summed E-state index contributed by atoms with van der Waals surface area (Å²) in [6, 6.07) is 7.95. The third-order valence-electron chi connectivity index (χ3n) is 3.29. The molecule has 0 spiro atoms. The van der Waals surface area contributed by atoms with Gasteiger partial charge >= 0.3 is 0 Å². The minimum atomic E-state index is -3.18. The predicted octanol–water partition coefficient (Wildman–Crippen LogP) is 1.48. The number of oxazole rings is 1. The fraction of sp³-hybridized carbons (Fsp3) is 0.375. The van der Waals surface area contributed by atoms with Crippen LogP contribution in [0, 0.1) is 6.92 Å². The summed E-state index contributed by atoms with van der Waals surface area (Å²) in [5.74, 6) is 1.12. The molecule has 8 nitrogen and oxygen atoms in total. The van der Waals surface area contributed by atoms with E-state index < -0.39 is 10.0 Å². The van der Waals surface area contributed by atoms with E-state index in [1.54, 1.807) is 13.3 Å². The Balaban J connectivity index is 0.00000338. The zero-order valence-corrected chi connectivity index (χ0v) is 18.1. The van der Waals surface area contributed by atoms with Crippen molar-refractivity contribution in [2.24, 2.45) is 4.99 Å². The van der Waals surface area contributed by atoms with Gasteiger partial charge in [-0.15, -0.1) is 24.0 Å². The van der Waals surface area contributed by atoms with Gasteiger partial charge < -0.3 is 15.1 Å². The van der Waals surface area contributed by atoms with Crippen molar-refractivity contribution in [2.75, 3.05) is 26.4 Å². The Bertz CT molecular complexity index is 819. The number of aromatic nitrogens is 1. The van der Waals surface area contributed by atoms with Crippen molar-refractivity contribution in [3.8, 4) is 11.5 Å². The van der Waals surface area contributed by atoms with Crippen LogP contribution in [-0.2, 0) is 16.6 Å². The summed E-state index contributed by atoms with van der Waals surface area (Å²) in [6.07, 6.45) is 2.72. The van der Waals surface area contributed by atoms with E-state index in [1.165, 1.54) is 5.56 Å². The van der Waals surface area contributed by atoms with Gasteiger partial charge in [-0.2, -0.15) is 0 Å². The third kappa shape index (κ3) is 7.70. The van der Waals surface area contributed by atoms with Gasteiger partial charge in [-0.1, -0.05) is 17.7 Å². The second-order valence-corrected chi connectivity index (χ2v) is 7.36. The van der Waals surface area contributed by atoms with Crippen LogP contribution in [0.1, 0.15) is 11.3 Å². The van der Waals surface area contributed by atoms with E-state index in [1.807, 2.05) is 31.2 Å². The first-order chi connectivity index (χ1) is 11.9. The molecule has 144 valence electrons. The molecule has 0 aliphatic rings. The molecule has 0 radical (unpaired) electrons. The van der Waals surface area contributed by atoms with Gasteiger partial charge in [0.1, 0.15) is 6.26 Å². The molecule has 0 unspecified atom stereocenters. The lowest BCUT2D eigenvalue weighted by atomic mass is 10.1. The summed E-state index contributed by atoms with van der Waals surface area (Å²) in [6.45, 7) is 3.16. The molecular weight excluding hydrogens is 469 g/mol. The van der Waals surface area contributed by atoms with Crippen LogP contribution < -0.4 is 15.4 Å². The smallest absolute Gasteiger partial charge is 0.226 e. The van der Waals surface area contributed by atoms with Crippen LogP contribution in [0.3, 0.4) is 0 Å². The number of nitrogens with zero attached hydrogens (tertiary/aromatic N) is 2. The summed E-state index contributed by atoms with van der Waals surface area (Å²) >= 11 is 0. The second-order valence-electron chi connectivity index (χ2n) is 5.53. The molecule has 0 bridgehead atoms. The van der Waals surface area contributed by atoms with Crippen LogP contribution in [0.25, 0.3) is 11.5 Å². The second kappa shape index (κ2) is 10.5. The number of aryl methyl sites for hydroxylation is 1. The number of benzene rings is 1. The maximum atomic E-state index is 11.0. The van der Waals surface area contributed by atoms with Crippen molar-refractivity contribution < 1.29 is 12.8 Å². The molecule has 0 aliphatic heterocycles. The monoisotopic (exact) mass is 493 g/mol. The van der Waals surface area contributed by atoms with Gasteiger partial charge in [0.2, 0.25) is 15.9 Å². The number of aliphatic imine (C=N–C) groups is 1. The molecule has 1 heterocycles. The number of hydrogen-bond acceptors (Lipinski definition) is 5. The van der Waals surface area contributed by atoms with Crippen LogP contribution >= 0.6 is 24.0 Å². The van der Waals surface area contributed by atoms with Crippen LogP contribution in [0.2, 0.25) is 0 Å². The highest BCUT2D eigenvalue weighted by Gasteiger charge is 2.07. The first kappa shape index (κ1) is 22.4. The summed E-state index contributed by atoms with van der Waals surface area (Å²) < 4.78 is 29.9. The van der Waals surface area contributed by atoms with Crippen LogP contribution in [-0.4, -0.2) is 45.8 Å². The number of nitrogens with one attached hydrogen (secondary N) is 3. The summed E-state index contributed by atoms with van der Waals surface area (Å²) in [4.78, 5) is 8.51. The highest BCUT2D eigenvalue weighted by Crippen LogP contribution is 2.18. The van der Waals surface area contributed by atoms with Crippen molar-refractivity contribution in [3.05, 3.63) is 41.8 Å². The number of hydrogen-bond donors (Lipinski definition) is 3. The third-order valence-corrected chi connectivity index (χ3v) is 4.02. The summed E-state index contributed by atoms with van der Waals surface area (Å²) in [5, 5.41) is 6.11. The highest BCUT2D eigenvalue weighted by atomic mass is 127. The topological polar surface area (TPSA) is 109 Å².